The average Bonchev–Trinajstić information content (AvgIpc) is 3.29. The number of amides is 2. The summed E-state index contributed by atoms with van der Waals surface area (Å²) in [4.78, 5) is 45.0. The number of likely N-dealkylation sites (tertiary alicyclic amines) is 1. The molecule has 1 unspecified atom stereocenters. The number of cyclic esters (lactones) is 1. The van der Waals surface area contributed by atoms with Gasteiger partial charge in [0.25, 0.3) is 5.91 Å². The Morgan fingerprint density at radius 1 is 1.00 bits per heavy atom. The first-order valence-corrected chi connectivity index (χ1v) is 14.0. The number of unbranched alkanes of at least 4 members (excludes halogenated alkanes) is 3. The summed E-state index contributed by atoms with van der Waals surface area (Å²) in [5.74, 6) is -2.61. The maximum atomic E-state index is 14.3. The fourth-order valence-corrected chi connectivity index (χ4v) is 6.38. The van der Waals surface area contributed by atoms with E-state index in [1.165, 1.54) is 0 Å². The van der Waals surface area contributed by atoms with Crippen molar-refractivity contribution in [2.24, 2.45) is 11.8 Å². The normalized spacial score (nSPS) is 31.9. The zero-order valence-corrected chi connectivity index (χ0v) is 22.2. The molecule has 5 rings (SSSR count). The molecular formula is C29H35ClN2O6. The minimum atomic E-state index is -1.27. The van der Waals surface area contributed by atoms with Crippen molar-refractivity contribution < 1.29 is 29.0 Å². The molecule has 0 radical (unpaired) electrons. The molecule has 9 heteroatoms. The molecule has 2 amide bonds. The number of ether oxygens (including phenoxy) is 2. The summed E-state index contributed by atoms with van der Waals surface area (Å²) in [5.41, 5.74) is -0.594. The van der Waals surface area contributed by atoms with E-state index in [4.69, 9.17) is 26.2 Å². The van der Waals surface area contributed by atoms with Gasteiger partial charge in [0.1, 0.15) is 17.6 Å². The fourth-order valence-electron chi connectivity index (χ4n) is 6.26. The SMILES string of the molecule is O=C1OCCCC/C=C\[C@@H]2O[C@]34C=CCN(c5ccc(Cl)cc5)C(=O)C3N(CCCCCCO)C(=O)[C@@H]4[C@H]12. The molecule has 1 aromatic rings. The molecule has 2 fully saturated rings. The molecule has 5 atom stereocenters. The van der Waals surface area contributed by atoms with E-state index in [1.54, 1.807) is 34.1 Å². The highest BCUT2D eigenvalue weighted by molar-refractivity contribution is 6.30. The summed E-state index contributed by atoms with van der Waals surface area (Å²) in [7, 11) is 0. The number of anilines is 1. The smallest absolute Gasteiger partial charge is 0.312 e. The highest BCUT2D eigenvalue weighted by atomic mass is 35.5. The third kappa shape index (κ3) is 4.90. The highest BCUT2D eigenvalue weighted by Crippen LogP contribution is 2.53. The molecule has 0 bridgehead atoms. The molecule has 0 saturated carbocycles. The van der Waals surface area contributed by atoms with E-state index in [-0.39, 0.29) is 18.4 Å². The number of carbonyl (C=O) groups is 3. The van der Waals surface area contributed by atoms with Crippen LogP contribution in [0, 0.1) is 11.8 Å². The zero-order valence-electron chi connectivity index (χ0n) is 21.5. The van der Waals surface area contributed by atoms with E-state index >= 15 is 0 Å². The number of halogens is 1. The third-order valence-corrected chi connectivity index (χ3v) is 8.30. The van der Waals surface area contributed by atoms with Crippen LogP contribution < -0.4 is 4.90 Å². The van der Waals surface area contributed by atoms with E-state index in [0.717, 1.165) is 32.1 Å². The Hall–Kier alpha value is -2.68. The molecule has 8 nitrogen and oxygen atoms in total. The van der Waals surface area contributed by atoms with Crippen LogP contribution in [0.15, 0.2) is 48.6 Å². The molecule has 0 aliphatic carbocycles. The zero-order chi connectivity index (χ0) is 26.7. The van der Waals surface area contributed by atoms with Gasteiger partial charge < -0.3 is 24.4 Å². The maximum Gasteiger partial charge on any atom is 0.312 e. The van der Waals surface area contributed by atoms with Gasteiger partial charge in [-0.15, -0.1) is 0 Å². The molecule has 204 valence electrons. The summed E-state index contributed by atoms with van der Waals surface area (Å²) in [6, 6.07) is 6.13. The average molecular weight is 543 g/mol. The maximum absolute atomic E-state index is 14.3. The van der Waals surface area contributed by atoms with E-state index in [0.29, 0.717) is 43.2 Å². The lowest BCUT2D eigenvalue weighted by Gasteiger charge is -2.35. The first-order chi connectivity index (χ1) is 18.5. The van der Waals surface area contributed by atoms with Crippen LogP contribution in [0.1, 0.15) is 44.9 Å². The Bertz CT molecular complexity index is 1100. The Balaban J connectivity index is 1.53. The predicted molar refractivity (Wildman–Crippen MR) is 143 cm³/mol. The summed E-state index contributed by atoms with van der Waals surface area (Å²) >= 11 is 6.09. The van der Waals surface area contributed by atoms with Gasteiger partial charge in [-0.25, -0.2) is 0 Å². The van der Waals surface area contributed by atoms with Gasteiger partial charge in [-0.1, -0.05) is 48.7 Å². The van der Waals surface area contributed by atoms with Gasteiger partial charge in [0.2, 0.25) is 5.91 Å². The van der Waals surface area contributed by atoms with Gasteiger partial charge in [-0.3, -0.25) is 14.4 Å². The number of nitrogens with zero attached hydrogens (tertiary/aromatic N) is 2. The number of carbonyl (C=O) groups excluding carboxylic acids is 3. The van der Waals surface area contributed by atoms with E-state index in [9.17, 15) is 14.4 Å². The number of benzene rings is 1. The van der Waals surface area contributed by atoms with E-state index in [2.05, 4.69) is 0 Å². The quantitative estimate of drug-likeness (QED) is 0.321. The summed E-state index contributed by atoms with van der Waals surface area (Å²) in [6.07, 6.45) is 12.5. The third-order valence-electron chi connectivity index (χ3n) is 8.05. The van der Waals surface area contributed by atoms with Crippen LogP contribution in [0.5, 0.6) is 0 Å². The summed E-state index contributed by atoms with van der Waals surface area (Å²) < 4.78 is 12.3. The van der Waals surface area contributed by atoms with Crippen molar-refractivity contribution in [3.05, 3.63) is 53.6 Å². The summed E-state index contributed by atoms with van der Waals surface area (Å²) in [5, 5.41) is 9.69. The van der Waals surface area contributed by atoms with Gasteiger partial charge in [0.15, 0.2) is 0 Å². The lowest BCUT2D eigenvalue weighted by atomic mass is 9.78. The number of allylic oxidation sites excluding steroid dienone is 1. The largest absolute Gasteiger partial charge is 0.465 e. The lowest BCUT2D eigenvalue weighted by Crippen LogP contribution is -2.55. The second kappa shape index (κ2) is 11.6. The molecule has 0 aromatic heterocycles. The van der Waals surface area contributed by atoms with Crippen molar-refractivity contribution in [2.75, 3.05) is 31.2 Å². The van der Waals surface area contributed by atoms with Gasteiger partial charge in [0, 0.05) is 30.4 Å². The molecule has 1 spiro atoms. The molecule has 2 saturated heterocycles. The molecule has 4 aliphatic heterocycles. The van der Waals surface area contributed by atoms with Crippen LogP contribution in [-0.2, 0) is 23.9 Å². The van der Waals surface area contributed by atoms with Crippen molar-refractivity contribution in [1.29, 1.82) is 0 Å². The van der Waals surface area contributed by atoms with Crippen LogP contribution >= 0.6 is 11.6 Å². The number of hydrogen-bond donors (Lipinski definition) is 1. The molecule has 4 heterocycles. The van der Waals surface area contributed by atoms with Gasteiger partial charge in [-0.2, -0.15) is 0 Å². The van der Waals surface area contributed by atoms with E-state index in [1.807, 2.05) is 24.3 Å². The minimum absolute atomic E-state index is 0.127. The van der Waals surface area contributed by atoms with Crippen molar-refractivity contribution >= 4 is 35.1 Å². The molecule has 1 N–H and O–H groups in total. The van der Waals surface area contributed by atoms with Crippen molar-refractivity contribution in [3.8, 4) is 0 Å². The molecule has 1 aromatic carbocycles. The van der Waals surface area contributed by atoms with Crippen molar-refractivity contribution in [1.82, 2.24) is 4.90 Å². The number of aliphatic hydroxyl groups excluding tert-OH is 1. The topological polar surface area (TPSA) is 96.4 Å². The number of hydrogen-bond acceptors (Lipinski definition) is 6. The van der Waals surface area contributed by atoms with E-state index < -0.39 is 35.6 Å². The Labute approximate surface area is 228 Å². The van der Waals surface area contributed by atoms with Crippen LogP contribution in [0.25, 0.3) is 0 Å². The van der Waals surface area contributed by atoms with Gasteiger partial charge >= 0.3 is 5.97 Å². The monoisotopic (exact) mass is 542 g/mol. The van der Waals surface area contributed by atoms with Crippen LogP contribution in [-0.4, -0.2) is 71.8 Å². The Morgan fingerprint density at radius 2 is 1.79 bits per heavy atom. The standard InChI is InChI=1S/C29H35ClN2O6/c30-20-11-13-21(14-12-20)31-17-9-15-29-24(23-22(38-29)10-5-1-4-8-19-37-28(23)36)26(34)32(25(29)27(31)35)16-6-2-3-7-18-33/h5,9-15,22-25,33H,1-4,6-8,16-19H2/b10-5-/t22-,23+,24-,25?,29-/m0/s1. The first kappa shape index (κ1) is 26.9. The molecular weight excluding hydrogens is 508 g/mol. The Morgan fingerprint density at radius 3 is 2.58 bits per heavy atom. The predicted octanol–water partition coefficient (Wildman–Crippen LogP) is 3.66. The van der Waals surface area contributed by atoms with Gasteiger partial charge in [0.05, 0.1) is 18.6 Å². The number of rotatable bonds is 7. The lowest BCUT2D eigenvalue weighted by molar-refractivity contribution is -0.154. The first-order valence-electron chi connectivity index (χ1n) is 13.6. The highest BCUT2D eigenvalue weighted by Gasteiger charge is 2.71. The fraction of sp³-hybridized carbons (Fsp3) is 0.552. The van der Waals surface area contributed by atoms with Crippen molar-refractivity contribution in [2.45, 2.75) is 62.7 Å². The number of esters is 1. The number of aliphatic hydroxyl groups is 1. The van der Waals surface area contributed by atoms with Crippen LogP contribution in [0.2, 0.25) is 5.02 Å². The second-order valence-electron chi connectivity index (χ2n) is 10.4. The number of fused-ring (bicyclic) bond motifs is 2. The second-order valence-corrected chi connectivity index (χ2v) is 10.9. The van der Waals surface area contributed by atoms with Crippen LogP contribution in [0.4, 0.5) is 5.69 Å². The molecule has 4 aliphatic rings. The van der Waals surface area contributed by atoms with Crippen LogP contribution in [0.3, 0.4) is 0 Å². The van der Waals surface area contributed by atoms with Gasteiger partial charge in [-0.05, 0) is 56.4 Å². The molecule has 38 heavy (non-hydrogen) atoms. The minimum Gasteiger partial charge on any atom is -0.465 e. The van der Waals surface area contributed by atoms with Crippen molar-refractivity contribution in [3.63, 3.8) is 0 Å². The summed E-state index contributed by atoms with van der Waals surface area (Å²) in [6.45, 7) is 1.11. The Kier molecular flexibility index (Phi) is 8.21.